The number of carbonyl (C=O) groups excluding carboxylic acids is 1. The Labute approximate surface area is 105 Å². The lowest BCUT2D eigenvalue weighted by molar-refractivity contribution is -0.384. The summed E-state index contributed by atoms with van der Waals surface area (Å²) in [5, 5.41) is 13.3. The maximum absolute atomic E-state index is 11.5. The third-order valence-electron chi connectivity index (χ3n) is 2.52. The lowest BCUT2D eigenvalue weighted by Gasteiger charge is -2.10. The highest BCUT2D eigenvalue weighted by Crippen LogP contribution is 2.14. The molecule has 0 fully saturated rings. The first-order valence-electron chi connectivity index (χ1n) is 5.75. The van der Waals surface area contributed by atoms with E-state index in [1.165, 1.54) is 12.1 Å². The monoisotopic (exact) mass is 251 g/mol. The predicted molar refractivity (Wildman–Crippen MR) is 68.1 cm³/mol. The smallest absolute Gasteiger partial charge is 0.269 e. The fourth-order valence-electron chi connectivity index (χ4n) is 1.49. The molecule has 0 aliphatic rings. The van der Waals surface area contributed by atoms with Crippen LogP contribution in [0.15, 0.2) is 24.3 Å². The molecule has 0 radical (unpaired) electrons. The number of hydrogen-bond acceptors (Lipinski definition) is 4. The Bertz CT molecular complexity index is 434. The molecular formula is C12H17N3O3. The summed E-state index contributed by atoms with van der Waals surface area (Å²) in [5.74, 6) is -0.0977. The van der Waals surface area contributed by atoms with Crippen LogP contribution in [0, 0.1) is 10.1 Å². The van der Waals surface area contributed by atoms with Crippen molar-refractivity contribution in [3.05, 3.63) is 39.9 Å². The fraction of sp³-hybridized carbons (Fsp3) is 0.417. The maximum atomic E-state index is 11.5. The summed E-state index contributed by atoms with van der Waals surface area (Å²) in [4.78, 5) is 21.6. The molecule has 98 valence electrons. The van der Waals surface area contributed by atoms with Crippen LogP contribution in [0.4, 0.5) is 5.69 Å². The van der Waals surface area contributed by atoms with Crippen molar-refractivity contribution < 1.29 is 9.72 Å². The molecule has 18 heavy (non-hydrogen) atoms. The number of aryl methyl sites for hydroxylation is 1. The summed E-state index contributed by atoms with van der Waals surface area (Å²) in [6.07, 6.45) is 0.774. The summed E-state index contributed by atoms with van der Waals surface area (Å²) in [6, 6.07) is 6.25. The predicted octanol–water partition coefficient (Wildman–Crippen LogP) is 0.991. The minimum Gasteiger partial charge on any atom is -0.352 e. The SMILES string of the molecule is C[C@@H](CN)NC(=O)CCc1cccc([N+](=O)[O-])c1. The molecule has 0 bridgehead atoms. The first-order chi connectivity index (χ1) is 8.52. The second-order valence-electron chi connectivity index (χ2n) is 4.13. The van der Waals surface area contributed by atoms with E-state index in [-0.39, 0.29) is 17.6 Å². The van der Waals surface area contributed by atoms with E-state index < -0.39 is 4.92 Å². The first-order valence-corrected chi connectivity index (χ1v) is 5.75. The van der Waals surface area contributed by atoms with Crippen molar-refractivity contribution in [2.75, 3.05) is 6.54 Å². The molecule has 6 nitrogen and oxygen atoms in total. The molecule has 0 aliphatic carbocycles. The van der Waals surface area contributed by atoms with Gasteiger partial charge in [0.25, 0.3) is 5.69 Å². The normalized spacial score (nSPS) is 11.9. The van der Waals surface area contributed by atoms with Gasteiger partial charge in [0.05, 0.1) is 4.92 Å². The van der Waals surface area contributed by atoms with Gasteiger partial charge < -0.3 is 11.1 Å². The molecule has 0 saturated carbocycles. The van der Waals surface area contributed by atoms with Crippen molar-refractivity contribution >= 4 is 11.6 Å². The molecule has 1 amide bonds. The number of amides is 1. The van der Waals surface area contributed by atoms with E-state index in [0.717, 1.165) is 5.56 Å². The van der Waals surface area contributed by atoms with Gasteiger partial charge in [-0.15, -0.1) is 0 Å². The van der Waals surface area contributed by atoms with Gasteiger partial charge in [0.2, 0.25) is 5.91 Å². The second kappa shape index (κ2) is 6.70. The molecule has 6 heteroatoms. The number of rotatable bonds is 6. The Morgan fingerprint density at radius 1 is 1.56 bits per heavy atom. The Balaban J connectivity index is 2.50. The van der Waals surface area contributed by atoms with Crippen LogP contribution in [0.5, 0.6) is 0 Å². The van der Waals surface area contributed by atoms with Crippen LogP contribution >= 0.6 is 0 Å². The summed E-state index contributed by atoms with van der Waals surface area (Å²) in [5.41, 5.74) is 6.21. The number of nitrogens with zero attached hydrogens (tertiary/aromatic N) is 1. The highest BCUT2D eigenvalue weighted by Gasteiger charge is 2.08. The van der Waals surface area contributed by atoms with Crippen LogP contribution in [-0.2, 0) is 11.2 Å². The zero-order valence-corrected chi connectivity index (χ0v) is 10.3. The largest absolute Gasteiger partial charge is 0.352 e. The highest BCUT2D eigenvalue weighted by molar-refractivity contribution is 5.76. The van der Waals surface area contributed by atoms with Crippen molar-refractivity contribution in [2.45, 2.75) is 25.8 Å². The van der Waals surface area contributed by atoms with Crippen LogP contribution in [0.25, 0.3) is 0 Å². The number of nitrogens with two attached hydrogens (primary N) is 1. The van der Waals surface area contributed by atoms with E-state index in [2.05, 4.69) is 5.32 Å². The Morgan fingerprint density at radius 2 is 2.28 bits per heavy atom. The molecule has 0 saturated heterocycles. The van der Waals surface area contributed by atoms with Crippen molar-refractivity contribution in [3.8, 4) is 0 Å². The van der Waals surface area contributed by atoms with Gasteiger partial charge in [-0.05, 0) is 18.9 Å². The van der Waals surface area contributed by atoms with Gasteiger partial charge in [-0.25, -0.2) is 0 Å². The molecule has 0 aromatic heterocycles. The van der Waals surface area contributed by atoms with Gasteiger partial charge in [-0.1, -0.05) is 12.1 Å². The van der Waals surface area contributed by atoms with Crippen molar-refractivity contribution in [1.82, 2.24) is 5.32 Å². The summed E-state index contributed by atoms with van der Waals surface area (Å²) in [6.45, 7) is 2.22. The summed E-state index contributed by atoms with van der Waals surface area (Å²) < 4.78 is 0. The quantitative estimate of drug-likeness (QED) is 0.581. The van der Waals surface area contributed by atoms with Crippen LogP contribution in [0.2, 0.25) is 0 Å². The van der Waals surface area contributed by atoms with Gasteiger partial charge in [0, 0.05) is 31.1 Å². The average Bonchev–Trinajstić information content (AvgIpc) is 2.36. The molecule has 1 rings (SSSR count). The van der Waals surface area contributed by atoms with Crippen LogP contribution in [0.3, 0.4) is 0 Å². The molecular weight excluding hydrogens is 234 g/mol. The average molecular weight is 251 g/mol. The lowest BCUT2D eigenvalue weighted by atomic mass is 10.1. The van der Waals surface area contributed by atoms with Crippen molar-refractivity contribution in [1.29, 1.82) is 0 Å². The Morgan fingerprint density at radius 3 is 2.89 bits per heavy atom. The summed E-state index contributed by atoms with van der Waals surface area (Å²) in [7, 11) is 0. The van der Waals surface area contributed by atoms with Crippen LogP contribution in [0.1, 0.15) is 18.9 Å². The topological polar surface area (TPSA) is 98.3 Å². The van der Waals surface area contributed by atoms with E-state index in [0.29, 0.717) is 19.4 Å². The number of non-ortho nitro benzene ring substituents is 1. The number of nitro benzene ring substituents is 1. The van der Waals surface area contributed by atoms with E-state index in [4.69, 9.17) is 5.73 Å². The van der Waals surface area contributed by atoms with E-state index in [9.17, 15) is 14.9 Å². The molecule has 3 N–H and O–H groups in total. The van der Waals surface area contributed by atoms with Gasteiger partial charge >= 0.3 is 0 Å². The van der Waals surface area contributed by atoms with Gasteiger partial charge in [-0.2, -0.15) is 0 Å². The Hall–Kier alpha value is -1.95. The maximum Gasteiger partial charge on any atom is 0.269 e. The highest BCUT2D eigenvalue weighted by atomic mass is 16.6. The van der Waals surface area contributed by atoms with E-state index >= 15 is 0 Å². The number of hydrogen-bond donors (Lipinski definition) is 2. The Kier molecular flexibility index (Phi) is 5.26. The zero-order chi connectivity index (χ0) is 13.5. The molecule has 1 aromatic carbocycles. The molecule has 1 atom stereocenters. The van der Waals surface area contributed by atoms with Gasteiger partial charge in [0.1, 0.15) is 0 Å². The minimum atomic E-state index is -0.444. The molecule has 0 aliphatic heterocycles. The number of carbonyl (C=O) groups is 1. The van der Waals surface area contributed by atoms with Crippen molar-refractivity contribution in [2.24, 2.45) is 5.73 Å². The first kappa shape index (κ1) is 14.1. The zero-order valence-electron chi connectivity index (χ0n) is 10.3. The van der Waals surface area contributed by atoms with Crippen LogP contribution in [-0.4, -0.2) is 23.4 Å². The third-order valence-corrected chi connectivity index (χ3v) is 2.52. The standard InChI is InChI=1S/C12H17N3O3/c1-9(8-13)14-12(16)6-5-10-3-2-4-11(7-10)15(17)18/h2-4,7,9H,5-6,8,13H2,1H3,(H,14,16)/t9-/m0/s1. The number of nitrogens with one attached hydrogen (secondary N) is 1. The lowest BCUT2D eigenvalue weighted by Crippen LogP contribution is -2.37. The molecule has 0 heterocycles. The van der Waals surface area contributed by atoms with Crippen LogP contribution < -0.4 is 11.1 Å². The van der Waals surface area contributed by atoms with Crippen molar-refractivity contribution in [3.63, 3.8) is 0 Å². The number of benzene rings is 1. The summed E-state index contributed by atoms with van der Waals surface area (Å²) >= 11 is 0. The second-order valence-corrected chi connectivity index (χ2v) is 4.13. The van der Waals surface area contributed by atoms with Gasteiger partial charge in [-0.3, -0.25) is 14.9 Å². The van der Waals surface area contributed by atoms with E-state index in [1.807, 2.05) is 6.92 Å². The fourth-order valence-corrected chi connectivity index (χ4v) is 1.49. The van der Waals surface area contributed by atoms with E-state index in [1.54, 1.807) is 12.1 Å². The molecule has 0 unspecified atom stereocenters. The third kappa shape index (κ3) is 4.50. The minimum absolute atomic E-state index is 0.0447. The molecule has 1 aromatic rings. The number of nitro groups is 1. The molecule has 0 spiro atoms. The van der Waals surface area contributed by atoms with Gasteiger partial charge in [0.15, 0.2) is 0 Å².